The third kappa shape index (κ3) is 3.19. The van der Waals surface area contributed by atoms with Crippen molar-refractivity contribution in [2.24, 2.45) is 5.92 Å². The van der Waals surface area contributed by atoms with Gasteiger partial charge < -0.3 is 9.80 Å². The van der Waals surface area contributed by atoms with Crippen molar-refractivity contribution in [1.82, 2.24) is 9.80 Å². The van der Waals surface area contributed by atoms with Crippen LogP contribution in [0.15, 0.2) is 30.3 Å². The van der Waals surface area contributed by atoms with E-state index in [4.69, 9.17) is 0 Å². The van der Waals surface area contributed by atoms with Gasteiger partial charge >= 0.3 is 0 Å². The topological polar surface area (TPSA) is 40.6 Å². The van der Waals surface area contributed by atoms with Gasteiger partial charge in [0.05, 0.1) is 11.3 Å². The van der Waals surface area contributed by atoms with Crippen LogP contribution in [0.2, 0.25) is 0 Å². The molecule has 1 aromatic rings. The van der Waals surface area contributed by atoms with E-state index in [-0.39, 0.29) is 23.1 Å². The van der Waals surface area contributed by atoms with Crippen LogP contribution in [0.25, 0.3) is 0 Å². The van der Waals surface area contributed by atoms with Gasteiger partial charge in [0, 0.05) is 26.2 Å². The maximum absolute atomic E-state index is 13.2. The molecular weight excluding hydrogens is 312 g/mol. The van der Waals surface area contributed by atoms with Crippen LogP contribution in [0.1, 0.15) is 50.5 Å². The van der Waals surface area contributed by atoms with Crippen molar-refractivity contribution >= 4 is 11.8 Å². The molecule has 1 unspecified atom stereocenters. The molecule has 1 atom stereocenters. The van der Waals surface area contributed by atoms with Crippen molar-refractivity contribution < 1.29 is 9.59 Å². The lowest BCUT2D eigenvalue weighted by molar-refractivity contribution is -0.142. The van der Waals surface area contributed by atoms with E-state index in [0.29, 0.717) is 6.54 Å². The van der Waals surface area contributed by atoms with Crippen LogP contribution >= 0.6 is 0 Å². The Bertz CT molecular complexity index is 633. The number of hydrogen-bond acceptors (Lipinski definition) is 2. The molecule has 2 amide bonds. The van der Waals surface area contributed by atoms with E-state index in [1.807, 2.05) is 28.0 Å². The number of benzene rings is 1. The predicted molar refractivity (Wildman–Crippen MR) is 97.1 cm³/mol. The minimum absolute atomic E-state index is 0.00220. The molecule has 2 aliphatic heterocycles. The van der Waals surface area contributed by atoms with Gasteiger partial charge in [0.2, 0.25) is 11.8 Å². The largest absolute Gasteiger partial charge is 0.342 e. The second-order valence-corrected chi connectivity index (χ2v) is 7.92. The van der Waals surface area contributed by atoms with Gasteiger partial charge in [-0.1, -0.05) is 30.3 Å². The van der Waals surface area contributed by atoms with Crippen LogP contribution in [0, 0.1) is 5.92 Å². The van der Waals surface area contributed by atoms with Gasteiger partial charge in [-0.25, -0.2) is 0 Å². The van der Waals surface area contributed by atoms with E-state index < -0.39 is 0 Å². The van der Waals surface area contributed by atoms with E-state index in [0.717, 1.165) is 63.7 Å². The van der Waals surface area contributed by atoms with Gasteiger partial charge in [0.1, 0.15) is 0 Å². The normalized spacial score (nSPS) is 25.5. The summed E-state index contributed by atoms with van der Waals surface area (Å²) in [5, 5.41) is 0. The predicted octanol–water partition coefficient (Wildman–Crippen LogP) is 2.97. The lowest BCUT2D eigenvalue weighted by atomic mass is 9.90. The first kappa shape index (κ1) is 16.6. The first-order chi connectivity index (χ1) is 12.2. The Balaban J connectivity index is 1.44. The van der Waals surface area contributed by atoms with E-state index in [9.17, 15) is 9.59 Å². The van der Waals surface area contributed by atoms with Crippen LogP contribution < -0.4 is 0 Å². The van der Waals surface area contributed by atoms with Crippen LogP contribution in [-0.2, 0) is 15.0 Å². The van der Waals surface area contributed by atoms with Gasteiger partial charge in [0.25, 0.3) is 0 Å². The third-order valence-electron chi connectivity index (χ3n) is 6.21. The highest BCUT2D eigenvalue weighted by atomic mass is 16.2. The second-order valence-electron chi connectivity index (χ2n) is 7.92. The van der Waals surface area contributed by atoms with Gasteiger partial charge in [-0.05, 0) is 50.5 Å². The van der Waals surface area contributed by atoms with Crippen LogP contribution in [0.5, 0.6) is 0 Å². The summed E-state index contributed by atoms with van der Waals surface area (Å²) >= 11 is 0. The number of carbonyl (C=O) groups is 2. The Labute approximate surface area is 150 Å². The van der Waals surface area contributed by atoms with Crippen LogP contribution in [0.4, 0.5) is 0 Å². The molecule has 1 saturated carbocycles. The fourth-order valence-corrected chi connectivity index (χ4v) is 4.55. The standard InChI is InChI=1S/C21H28N2O2/c24-19(22-13-5-2-6-14-22)17-8-7-15-23(16-17)20(25)21(11-12-21)18-9-3-1-4-10-18/h1,3-4,9-10,17H,2,5-8,11-16H2. The summed E-state index contributed by atoms with van der Waals surface area (Å²) in [6, 6.07) is 10.2. The molecule has 134 valence electrons. The zero-order chi connectivity index (χ0) is 17.3. The molecule has 0 spiro atoms. The summed E-state index contributed by atoms with van der Waals surface area (Å²) in [4.78, 5) is 30.1. The number of piperidine rings is 2. The number of rotatable bonds is 3. The average Bonchev–Trinajstić information content (AvgIpc) is 3.50. The summed E-state index contributed by atoms with van der Waals surface area (Å²) in [5.41, 5.74) is 0.835. The van der Waals surface area contributed by atoms with Crippen molar-refractivity contribution in [2.45, 2.75) is 50.4 Å². The number of likely N-dealkylation sites (tertiary alicyclic amines) is 2. The quantitative estimate of drug-likeness (QED) is 0.849. The molecule has 3 aliphatic rings. The highest BCUT2D eigenvalue weighted by Gasteiger charge is 2.53. The molecule has 25 heavy (non-hydrogen) atoms. The first-order valence-corrected chi connectivity index (χ1v) is 9.84. The molecule has 1 aliphatic carbocycles. The molecule has 0 radical (unpaired) electrons. The van der Waals surface area contributed by atoms with Gasteiger partial charge in [-0.15, -0.1) is 0 Å². The number of hydrogen-bond donors (Lipinski definition) is 0. The minimum atomic E-state index is -0.308. The second kappa shape index (κ2) is 6.81. The van der Waals surface area contributed by atoms with Crippen molar-refractivity contribution in [2.75, 3.05) is 26.2 Å². The maximum atomic E-state index is 13.2. The van der Waals surface area contributed by atoms with E-state index in [2.05, 4.69) is 12.1 Å². The molecular formula is C21H28N2O2. The molecule has 4 rings (SSSR count). The molecule has 0 N–H and O–H groups in total. The smallest absolute Gasteiger partial charge is 0.233 e. The summed E-state index contributed by atoms with van der Waals surface area (Å²) in [7, 11) is 0. The number of amides is 2. The fourth-order valence-electron chi connectivity index (χ4n) is 4.55. The lowest BCUT2D eigenvalue weighted by Gasteiger charge is -2.37. The molecule has 0 aromatic heterocycles. The van der Waals surface area contributed by atoms with Crippen LogP contribution in [-0.4, -0.2) is 47.8 Å². The van der Waals surface area contributed by atoms with Crippen LogP contribution in [0.3, 0.4) is 0 Å². The maximum Gasteiger partial charge on any atom is 0.233 e. The lowest BCUT2D eigenvalue weighted by Crippen LogP contribution is -2.50. The van der Waals surface area contributed by atoms with Gasteiger partial charge in [-0.2, -0.15) is 0 Å². The fraction of sp³-hybridized carbons (Fsp3) is 0.619. The van der Waals surface area contributed by atoms with Crippen molar-refractivity contribution in [1.29, 1.82) is 0 Å². The molecule has 1 aromatic carbocycles. The van der Waals surface area contributed by atoms with Crippen molar-refractivity contribution in [3.63, 3.8) is 0 Å². The molecule has 4 heteroatoms. The Morgan fingerprint density at radius 2 is 1.56 bits per heavy atom. The Kier molecular flexibility index (Phi) is 4.53. The third-order valence-corrected chi connectivity index (χ3v) is 6.21. The SMILES string of the molecule is O=C(C1CCCN(C(=O)C2(c3ccccc3)CC2)C1)N1CCCCC1. The monoisotopic (exact) mass is 340 g/mol. The molecule has 4 nitrogen and oxygen atoms in total. The molecule has 0 bridgehead atoms. The van der Waals surface area contributed by atoms with E-state index >= 15 is 0 Å². The first-order valence-electron chi connectivity index (χ1n) is 9.84. The molecule has 2 heterocycles. The van der Waals surface area contributed by atoms with Gasteiger partial charge in [0.15, 0.2) is 0 Å². The summed E-state index contributed by atoms with van der Waals surface area (Å²) in [6.45, 7) is 3.22. The van der Waals surface area contributed by atoms with E-state index in [1.54, 1.807) is 0 Å². The van der Waals surface area contributed by atoms with Gasteiger partial charge in [-0.3, -0.25) is 9.59 Å². The highest BCUT2D eigenvalue weighted by molar-refractivity contribution is 5.92. The number of carbonyl (C=O) groups excluding carboxylic acids is 2. The summed E-state index contributed by atoms with van der Waals surface area (Å²) < 4.78 is 0. The zero-order valence-corrected chi connectivity index (χ0v) is 15.0. The number of nitrogens with zero attached hydrogens (tertiary/aromatic N) is 2. The summed E-state index contributed by atoms with van der Waals surface area (Å²) in [6.07, 6.45) is 7.24. The van der Waals surface area contributed by atoms with Crippen molar-refractivity contribution in [3.05, 3.63) is 35.9 Å². The van der Waals surface area contributed by atoms with E-state index in [1.165, 1.54) is 6.42 Å². The minimum Gasteiger partial charge on any atom is -0.342 e. The zero-order valence-electron chi connectivity index (χ0n) is 15.0. The Morgan fingerprint density at radius 3 is 2.24 bits per heavy atom. The molecule has 2 saturated heterocycles. The highest BCUT2D eigenvalue weighted by Crippen LogP contribution is 2.50. The van der Waals surface area contributed by atoms with Crippen molar-refractivity contribution in [3.8, 4) is 0 Å². The Morgan fingerprint density at radius 1 is 0.880 bits per heavy atom. The molecule has 3 fully saturated rings. The Hall–Kier alpha value is -1.84. The average molecular weight is 340 g/mol. The summed E-state index contributed by atoms with van der Waals surface area (Å²) in [5.74, 6) is 0.527.